The molecule has 2 aromatic rings. The lowest BCUT2D eigenvalue weighted by Crippen LogP contribution is -2.45. The van der Waals surface area contributed by atoms with E-state index in [0.717, 1.165) is 24.3 Å². The van der Waals surface area contributed by atoms with E-state index in [-0.39, 0.29) is 11.6 Å². The van der Waals surface area contributed by atoms with Crippen LogP contribution in [0, 0.1) is 5.92 Å². The van der Waals surface area contributed by atoms with E-state index in [9.17, 15) is 27.6 Å². The van der Waals surface area contributed by atoms with Crippen LogP contribution in [0.15, 0.2) is 54.6 Å². The molecule has 0 bridgehead atoms. The first kappa shape index (κ1) is 22.9. The number of anilines is 1. The molecule has 0 saturated heterocycles. The van der Waals surface area contributed by atoms with Gasteiger partial charge in [-0.2, -0.15) is 13.2 Å². The Labute approximate surface area is 171 Å². The summed E-state index contributed by atoms with van der Waals surface area (Å²) in [5.41, 5.74) is -0.348. The zero-order valence-corrected chi connectivity index (χ0v) is 16.3. The number of hydrogen-bond donors (Lipinski definition) is 2. The lowest BCUT2D eigenvalue weighted by Gasteiger charge is -2.20. The molecule has 0 spiro atoms. The van der Waals surface area contributed by atoms with E-state index >= 15 is 0 Å². The molecule has 160 valence electrons. The molecule has 6 nitrogen and oxygen atoms in total. The topological polar surface area (TPSA) is 84.5 Å². The molecule has 0 heterocycles. The fourth-order valence-electron chi connectivity index (χ4n) is 2.48. The van der Waals surface area contributed by atoms with Gasteiger partial charge < -0.3 is 15.4 Å². The Hall–Kier alpha value is -3.36. The Morgan fingerprint density at radius 3 is 2.10 bits per heavy atom. The number of carbonyl (C=O) groups excluding carboxylic acids is 3. The van der Waals surface area contributed by atoms with Crippen molar-refractivity contribution in [3.63, 3.8) is 0 Å². The summed E-state index contributed by atoms with van der Waals surface area (Å²) in [5.74, 6) is -2.28. The van der Waals surface area contributed by atoms with Crippen LogP contribution in [0.1, 0.15) is 29.8 Å². The predicted molar refractivity (Wildman–Crippen MR) is 104 cm³/mol. The van der Waals surface area contributed by atoms with Gasteiger partial charge in [-0.1, -0.05) is 32.0 Å². The first-order valence-corrected chi connectivity index (χ1v) is 9.07. The molecule has 0 radical (unpaired) electrons. The monoisotopic (exact) mass is 422 g/mol. The highest BCUT2D eigenvalue weighted by molar-refractivity contribution is 5.97. The van der Waals surface area contributed by atoms with Gasteiger partial charge in [0.15, 0.2) is 6.61 Å². The number of alkyl halides is 3. The Bertz CT molecular complexity index is 881. The number of halogens is 3. The lowest BCUT2D eigenvalue weighted by atomic mass is 10.0. The molecule has 9 heteroatoms. The van der Waals surface area contributed by atoms with E-state index in [1.165, 1.54) is 0 Å². The van der Waals surface area contributed by atoms with Crippen LogP contribution >= 0.6 is 0 Å². The maximum absolute atomic E-state index is 12.6. The zero-order valence-electron chi connectivity index (χ0n) is 16.3. The number of benzene rings is 2. The molecule has 0 aliphatic heterocycles. The summed E-state index contributed by atoms with van der Waals surface area (Å²) in [4.78, 5) is 36.5. The molecule has 2 N–H and O–H groups in total. The van der Waals surface area contributed by atoms with Crippen LogP contribution in [0.3, 0.4) is 0 Å². The number of ether oxygens (including phenoxy) is 1. The van der Waals surface area contributed by atoms with Crippen molar-refractivity contribution >= 4 is 23.5 Å². The van der Waals surface area contributed by atoms with Crippen molar-refractivity contribution in [3.8, 4) is 0 Å². The van der Waals surface area contributed by atoms with Crippen LogP contribution in [0.2, 0.25) is 0 Å². The van der Waals surface area contributed by atoms with E-state index in [2.05, 4.69) is 10.6 Å². The van der Waals surface area contributed by atoms with Gasteiger partial charge in [-0.25, -0.2) is 4.79 Å². The average molecular weight is 422 g/mol. The second-order valence-electron chi connectivity index (χ2n) is 6.79. The van der Waals surface area contributed by atoms with Crippen LogP contribution in [0.25, 0.3) is 0 Å². The summed E-state index contributed by atoms with van der Waals surface area (Å²) in [6, 6.07) is 11.2. The smallest absolute Gasteiger partial charge is 0.416 e. The third-order valence-electron chi connectivity index (χ3n) is 4.08. The maximum Gasteiger partial charge on any atom is 0.416 e. The fourth-order valence-corrected chi connectivity index (χ4v) is 2.48. The van der Waals surface area contributed by atoms with Crippen molar-refractivity contribution in [3.05, 3.63) is 65.7 Å². The first-order valence-electron chi connectivity index (χ1n) is 9.07. The number of rotatable bonds is 7. The van der Waals surface area contributed by atoms with E-state index in [0.29, 0.717) is 5.56 Å². The van der Waals surface area contributed by atoms with Crippen LogP contribution in [-0.4, -0.2) is 30.4 Å². The SMILES string of the molecule is CC(C)C(NC(=O)c1ccccc1)C(=O)OCC(=O)Nc1ccc(C(F)(F)F)cc1. The minimum atomic E-state index is -4.48. The highest BCUT2D eigenvalue weighted by Crippen LogP contribution is 2.29. The lowest BCUT2D eigenvalue weighted by molar-refractivity contribution is -0.150. The molecule has 30 heavy (non-hydrogen) atoms. The Morgan fingerprint density at radius 1 is 0.967 bits per heavy atom. The van der Waals surface area contributed by atoms with Crippen molar-refractivity contribution in [1.82, 2.24) is 5.32 Å². The van der Waals surface area contributed by atoms with Gasteiger partial charge in [0.25, 0.3) is 11.8 Å². The highest BCUT2D eigenvalue weighted by Gasteiger charge is 2.30. The first-order chi connectivity index (χ1) is 14.1. The number of amides is 2. The summed E-state index contributed by atoms with van der Waals surface area (Å²) >= 11 is 0. The molecule has 1 atom stereocenters. The van der Waals surface area contributed by atoms with E-state index in [4.69, 9.17) is 4.74 Å². The summed E-state index contributed by atoms with van der Waals surface area (Å²) in [7, 11) is 0. The molecule has 2 amide bonds. The normalized spacial score (nSPS) is 12.2. The summed E-state index contributed by atoms with van der Waals surface area (Å²) in [5, 5.41) is 4.91. The number of hydrogen-bond acceptors (Lipinski definition) is 4. The zero-order chi connectivity index (χ0) is 22.3. The van der Waals surface area contributed by atoms with Crippen LogP contribution in [0.5, 0.6) is 0 Å². The van der Waals surface area contributed by atoms with Gasteiger partial charge in [-0.3, -0.25) is 9.59 Å². The molecule has 2 aromatic carbocycles. The molecular formula is C21H21F3N2O4. The predicted octanol–water partition coefficient (Wildman–Crippen LogP) is 3.64. The van der Waals surface area contributed by atoms with Gasteiger partial charge in [0.2, 0.25) is 0 Å². The quantitative estimate of drug-likeness (QED) is 0.668. The van der Waals surface area contributed by atoms with Crippen molar-refractivity contribution in [2.45, 2.75) is 26.1 Å². The molecule has 0 aliphatic rings. The Kier molecular flexibility index (Phi) is 7.57. The van der Waals surface area contributed by atoms with Crippen molar-refractivity contribution in [2.24, 2.45) is 5.92 Å². The van der Waals surface area contributed by atoms with Gasteiger partial charge in [0, 0.05) is 11.3 Å². The summed E-state index contributed by atoms with van der Waals surface area (Å²) < 4.78 is 42.6. The molecule has 1 unspecified atom stereocenters. The van der Waals surface area contributed by atoms with E-state index in [1.54, 1.807) is 44.2 Å². The van der Waals surface area contributed by atoms with Gasteiger partial charge in [0.05, 0.1) is 5.56 Å². The molecule has 0 aliphatic carbocycles. The Balaban J connectivity index is 1.90. The Morgan fingerprint density at radius 2 is 1.57 bits per heavy atom. The van der Waals surface area contributed by atoms with Crippen LogP contribution in [0.4, 0.5) is 18.9 Å². The second-order valence-corrected chi connectivity index (χ2v) is 6.79. The van der Waals surface area contributed by atoms with E-state index < -0.39 is 42.2 Å². The van der Waals surface area contributed by atoms with Crippen LogP contribution < -0.4 is 10.6 Å². The van der Waals surface area contributed by atoms with Gasteiger partial charge in [-0.05, 0) is 42.3 Å². The van der Waals surface area contributed by atoms with Crippen molar-refractivity contribution in [1.29, 1.82) is 0 Å². The van der Waals surface area contributed by atoms with Crippen LogP contribution in [-0.2, 0) is 20.5 Å². The van der Waals surface area contributed by atoms with Crippen molar-refractivity contribution in [2.75, 3.05) is 11.9 Å². The standard InChI is InChI=1S/C21H21F3N2O4/c1-13(2)18(26-19(28)14-6-4-3-5-7-14)20(29)30-12-17(27)25-16-10-8-15(9-11-16)21(22,23)24/h3-11,13,18H,12H2,1-2H3,(H,25,27)(H,26,28). The third kappa shape index (κ3) is 6.61. The third-order valence-corrected chi connectivity index (χ3v) is 4.08. The maximum atomic E-state index is 12.6. The van der Waals surface area contributed by atoms with Gasteiger partial charge in [0.1, 0.15) is 6.04 Å². The summed E-state index contributed by atoms with van der Waals surface area (Å²) in [6.07, 6.45) is -4.48. The van der Waals surface area contributed by atoms with Gasteiger partial charge >= 0.3 is 12.1 Å². The number of carbonyl (C=O) groups is 3. The van der Waals surface area contributed by atoms with Gasteiger partial charge in [-0.15, -0.1) is 0 Å². The average Bonchev–Trinajstić information content (AvgIpc) is 2.70. The number of nitrogens with one attached hydrogen (secondary N) is 2. The fraction of sp³-hybridized carbons (Fsp3) is 0.286. The molecular weight excluding hydrogens is 401 g/mol. The van der Waals surface area contributed by atoms with Crippen molar-refractivity contribution < 1.29 is 32.3 Å². The number of esters is 1. The highest BCUT2D eigenvalue weighted by atomic mass is 19.4. The minimum absolute atomic E-state index is 0.127. The minimum Gasteiger partial charge on any atom is -0.454 e. The molecule has 0 aromatic heterocycles. The summed E-state index contributed by atoms with van der Waals surface area (Å²) in [6.45, 7) is 2.77. The molecule has 0 fully saturated rings. The van der Waals surface area contributed by atoms with E-state index in [1.807, 2.05) is 0 Å². The molecule has 0 saturated carbocycles. The molecule has 2 rings (SSSR count). The largest absolute Gasteiger partial charge is 0.454 e. The second kappa shape index (κ2) is 9.91.